The first-order chi connectivity index (χ1) is 5.91. The van der Waals surface area contributed by atoms with Crippen molar-refractivity contribution >= 4 is 27.0 Å². The highest BCUT2D eigenvalue weighted by Gasteiger charge is 2.29. The van der Waals surface area contributed by atoms with Crippen molar-refractivity contribution in [2.45, 2.75) is 30.9 Å². The van der Waals surface area contributed by atoms with Crippen molar-refractivity contribution in [2.24, 2.45) is 11.7 Å². The molecule has 1 rings (SSSR count). The van der Waals surface area contributed by atoms with Gasteiger partial charge in [0.05, 0.1) is 10.2 Å². The molecule has 5 heteroatoms. The van der Waals surface area contributed by atoms with Gasteiger partial charge in [-0.2, -0.15) is 0 Å². The maximum absolute atomic E-state index is 11.3. The van der Waals surface area contributed by atoms with Crippen molar-refractivity contribution in [1.29, 1.82) is 0 Å². The van der Waals surface area contributed by atoms with E-state index in [1.54, 1.807) is 0 Å². The van der Waals surface area contributed by atoms with Gasteiger partial charge in [0.2, 0.25) is 0 Å². The Morgan fingerprint density at radius 1 is 1.46 bits per heavy atom. The zero-order valence-electron chi connectivity index (χ0n) is 7.69. The Labute approximate surface area is 84.6 Å². The Morgan fingerprint density at radius 3 is 2.54 bits per heavy atom. The van der Waals surface area contributed by atoms with Crippen LogP contribution in [0.1, 0.15) is 25.7 Å². The molecule has 0 saturated heterocycles. The van der Waals surface area contributed by atoms with Crippen LogP contribution in [0.15, 0.2) is 0 Å². The van der Waals surface area contributed by atoms with Gasteiger partial charge in [0.25, 0.3) is 0 Å². The number of thiocarbonyl (C=S) groups is 1. The average Bonchev–Trinajstić information content (AvgIpc) is 2.03. The molecule has 0 aromatic heterocycles. The van der Waals surface area contributed by atoms with Gasteiger partial charge >= 0.3 is 0 Å². The Kier molecular flexibility index (Phi) is 3.29. The van der Waals surface area contributed by atoms with Crippen LogP contribution in [0.3, 0.4) is 0 Å². The normalized spacial score (nSPS) is 29.9. The highest BCUT2D eigenvalue weighted by molar-refractivity contribution is 7.91. The van der Waals surface area contributed by atoms with Gasteiger partial charge in [-0.1, -0.05) is 18.6 Å². The smallest absolute Gasteiger partial charge is 0.150 e. The van der Waals surface area contributed by atoms with E-state index in [-0.39, 0.29) is 11.2 Å². The van der Waals surface area contributed by atoms with E-state index in [2.05, 4.69) is 0 Å². The molecule has 1 aliphatic carbocycles. The Hall–Kier alpha value is -0.160. The molecule has 0 bridgehead atoms. The summed E-state index contributed by atoms with van der Waals surface area (Å²) in [6, 6.07) is 0. The van der Waals surface area contributed by atoms with Crippen molar-refractivity contribution in [3.8, 4) is 0 Å². The van der Waals surface area contributed by atoms with Crippen molar-refractivity contribution in [3.63, 3.8) is 0 Å². The summed E-state index contributed by atoms with van der Waals surface area (Å²) in [6.07, 6.45) is 4.53. The molecule has 0 spiro atoms. The lowest BCUT2D eigenvalue weighted by atomic mass is 9.89. The molecule has 2 atom stereocenters. The van der Waals surface area contributed by atoms with Gasteiger partial charge in [-0.3, -0.25) is 0 Å². The zero-order valence-corrected chi connectivity index (χ0v) is 9.33. The molecule has 1 saturated carbocycles. The molecular weight excluding hydrogens is 206 g/mol. The highest BCUT2D eigenvalue weighted by Crippen LogP contribution is 2.28. The van der Waals surface area contributed by atoms with Gasteiger partial charge in [-0.15, -0.1) is 0 Å². The third-order valence-electron chi connectivity index (χ3n) is 2.63. The Morgan fingerprint density at radius 2 is 2.08 bits per heavy atom. The van der Waals surface area contributed by atoms with Crippen LogP contribution in [0.2, 0.25) is 0 Å². The molecule has 1 fully saturated rings. The molecule has 13 heavy (non-hydrogen) atoms. The molecule has 0 radical (unpaired) electrons. The standard InChI is InChI=1S/C8H15NO2S2/c1-13(10,11)7-4-2-3-6(5-7)8(9)12/h6-7H,2-5H2,1H3,(H2,9,12). The molecule has 0 amide bonds. The lowest BCUT2D eigenvalue weighted by Crippen LogP contribution is -2.33. The monoisotopic (exact) mass is 221 g/mol. The summed E-state index contributed by atoms with van der Waals surface area (Å²) in [7, 11) is -2.91. The lowest BCUT2D eigenvalue weighted by Gasteiger charge is -2.26. The summed E-state index contributed by atoms with van der Waals surface area (Å²) in [6.45, 7) is 0. The first-order valence-electron chi connectivity index (χ1n) is 4.39. The number of sulfone groups is 1. The average molecular weight is 221 g/mol. The lowest BCUT2D eigenvalue weighted by molar-refractivity contribution is 0.434. The van der Waals surface area contributed by atoms with Crippen LogP contribution in [0, 0.1) is 5.92 Å². The van der Waals surface area contributed by atoms with E-state index in [4.69, 9.17) is 18.0 Å². The van der Waals surface area contributed by atoms with Crippen LogP contribution in [-0.2, 0) is 9.84 Å². The van der Waals surface area contributed by atoms with E-state index in [0.717, 1.165) is 19.3 Å². The van der Waals surface area contributed by atoms with E-state index >= 15 is 0 Å². The largest absolute Gasteiger partial charge is 0.393 e. The van der Waals surface area contributed by atoms with Crippen LogP contribution in [0.5, 0.6) is 0 Å². The first-order valence-corrected chi connectivity index (χ1v) is 6.75. The summed E-state index contributed by atoms with van der Waals surface area (Å²) >= 11 is 4.87. The molecule has 2 unspecified atom stereocenters. The summed E-state index contributed by atoms with van der Waals surface area (Å²) in [5.74, 6) is 0.128. The van der Waals surface area contributed by atoms with Crippen molar-refractivity contribution in [3.05, 3.63) is 0 Å². The van der Waals surface area contributed by atoms with Crippen LogP contribution < -0.4 is 5.73 Å². The fraction of sp³-hybridized carbons (Fsp3) is 0.875. The zero-order chi connectivity index (χ0) is 10.1. The Bertz CT molecular complexity index is 297. The van der Waals surface area contributed by atoms with E-state index in [9.17, 15) is 8.42 Å². The molecule has 0 heterocycles. The van der Waals surface area contributed by atoms with Crippen LogP contribution in [0.4, 0.5) is 0 Å². The van der Waals surface area contributed by atoms with Crippen molar-refractivity contribution in [2.75, 3.05) is 6.26 Å². The SMILES string of the molecule is CS(=O)(=O)C1CCCC(C(N)=S)C1. The quantitative estimate of drug-likeness (QED) is 0.703. The number of hydrogen-bond donors (Lipinski definition) is 1. The van der Waals surface area contributed by atoms with Gasteiger partial charge < -0.3 is 5.73 Å². The van der Waals surface area contributed by atoms with E-state index in [1.165, 1.54) is 6.26 Å². The highest BCUT2D eigenvalue weighted by atomic mass is 32.2. The molecule has 0 aromatic rings. The second kappa shape index (κ2) is 3.92. The number of rotatable bonds is 2. The number of nitrogens with two attached hydrogens (primary N) is 1. The van der Waals surface area contributed by atoms with Crippen LogP contribution >= 0.6 is 12.2 Å². The summed E-state index contributed by atoms with van der Waals surface area (Å²) in [4.78, 5) is 0.466. The number of hydrogen-bond acceptors (Lipinski definition) is 3. The first kappa shape index (κ1) is 10.9. The molecule has 0 aliphatic heterocycles. The topological polar surface area (TPSA) is 60.2 Å². The van der Waals surface area contributed by atoms with E-state index in [0.29, 0.717) is 11.4 Å². The fourth-order valence-corrected chi connectivity index (χ4v) is 3.18. The minimum absolute atomic E-state index is 0.128. The molecule has 1 aliphatic rings. The van der Waals surface area contributed by atoms with Crippen molar-refractivity contribution < 1.29 is 8.42 Å². The van der Waals surface area contributed by atoms with Gasteiger partial charge in [0.15, 0.2) is 0 Å². The van der Waals surface area contributed by atoms with Gasteiger partial charge in [-0.25, -0.2) is 8.42 Å². The molecule has 0 aromatic carbocycles. The second-order valence-electron chi connectivity index (χ2n) is 3.72. The fourth-order valence-electron chi connectivity index (χ4n) is 1.79. The van der Waals surface area contributed by atoms with Gasteiger partial charge in [0.1, 0.15) is 9.84 Å². The summed E-state index contributed by atoms with van der Waals surface area (Å²) < 4.78 is 22.5. The minimum Gasteiger partial charge on any atom is -0.393 e. The predicted molar refractivity (Wildman–Crippen MR) is 57.4 cm³/mol. The third kappa shape index (κ3) is 2.91. The van der Waals surface area contributed by atoms with Gasteiger partial charge in [0, 0.05) is 12.2 Å². The molecule has 3 nitrogen and oxygen atoms in total. The molecular formula is C8H15NO2S2. The molecule has 2 N–H and O–H groups in total. The van der Waals surface area contributed by atoms with Crippen LogP contribution in [-0.4, -0.2) is 24.9 Å². The second-order valence-corrected chi connectivity index (χ2v) is 6.51. The van der Waals surface area contributed by atoms with E-state index < -0.39 is 9.84 Å². The minimum atomic E-state index is -2.91. The van der Waals surface area contributed by atoms with Crippen molar-refractivity contribution in [1.82, 2.24) is 0 Å². The maximum Gasteiger partial charge on any atom is 0.150 e. The summed E-state index contributed by atoms with van der Waals surface area (Å²) in [5.41, 5.74) is 5.51. The van der Waals surface area contributed by atoms with Gasteiger partial charge in [-0.05, 0) is 19.3 Å². The maximum atomic E-state index is 11.3. The predicted octanol–water partition coefficient (Wildman–Crippen LogP) is 0.876. The van der Waals surface area contributed by atoms with Crippen LogP contribution in [0.25, 0.3) is 0 Å². The third-order valence-corrected chi connectivity index (χ3v) is 4.61. The van der Waals surface area contributed by atoms with E-state index in [1.807, 2.05) is 0 Å². The summed E-state index contributed by atoms with van der Waals surface area (Å²) in [5, 5.41) is -0.229. The Balaban J connectivity index is 2.67. The molecule has 76 valence electrons.